The molecule has 1 N–H and O–H groups in total. The second kappa shape index (κ2) is 6.67. The summed E-state index contributed by atoms with van der Waals surface area (Å²) in [6.07, 6.45) is 4.55. The van der Waals surface area contributed by atoms with Gasteiger partial charge in [-0.05, 0) is 25.3 Å². The molecule has 2 aromatic rings. The molecule has 20 heavy (non-hydrogen) atoms. The van der Waals surface area contributed by atoms with Crippen LogP contribution < -0.4 is 4.72 Å². The lowest BCUT2D eigenvalue weighted by atomic mass is 10.1. The third kappa shape index (κ3) is 3.91. The van der Waals surface area contributed by atoms with Gasteiger partial charge in [0.25, 0.3) is 0 Å². The molecule has 0 saturated heterocycles. The van der Waals surface area contributed by atoms with Gasteiger partial charge >= 0.3 is 0 Å². The summed E-state index contributed by atoms with van der Waals surface area (Å²) in [7, 11) is -3.44. The summed E-state index contributed by atoms with van der Waals surface area (Å²) in [5, 5.41) is 3.97. The fourth-order valence-electron chi connectivity index (χ4n) is 1.88. The molecule has 0 spiro atoms. The largest absolute Gasteiger partial charge is 0.272 e. The van der Waals surface area contributed by atoms with Crippen LogP contribution in [0.15, 0.2) is 47.6 Å². The molecule has 2 rings (SSSR count). The molecule has 0 aliphatic rings. The summed E-state index contributed by atoms with van der Waals surface area (Å²) in [6.45, 7) is 2.99. The Morgan fingerprint density at radius 3 is 2.65 bits per heavy atom. The van der Waals surface area contributed by atoms with Crippen LogP contribution in [0.2, 0.25) is 0 Å². The number of hydrogen-bond donors (Lipinski definition) is 1. The molecule has 0 fully saturated rings. The zero-order chi connectivity index (χ0) is 14.4. The fraction of sp³-hybridized carbons (Fsp3) is 0.357. The molecule has 5 nitrogen and oxygen atoms in total. The van der Waals surface area contributed by atoms with E-state index in [9.17, 15) is 8.42 Å². The first-order chi connectivity index (χ1) is 9.62. The summed E-state index contributed by atoms with van der Waals surface area (Å²) in [4.78, 5) is 0.221. The van der Waals surface area contributed by atoms with E-state index in [0.717, 1.165) is 12.8 Å². The van der Waals surface area contributed by atoms with Crippen LogP contribution in [-0.2, 0) is 23.0 Å². The maximum Gasteiger partial charge on any atom is 0.243 e. The molecule has 1 aromatic heterocycles. The highest BCUT2D eigenvalue weighted by Crippen LogP contribution is 2.07. The van der Waals surface area contributed by atoms with Gasteiger partial charge in [-0.25, -0.2) is 13.1 Å². The molecule has 108 valence electrons. The van der Waals surface area contributed by atoms with Crippen molar-refractivity contribution in [2.24, 2.45) is 0 Å². The van der Waals surface area contributed by atoms with Gasteiger partial charge in [0.15, 0.2) is 0 Å². The van der Waals surface area contributed by atoms with Gasteiger partial charge in [0.1, 0.15) is 4.90 Å². The summed E-state index contributed by atoms with van der Waals surface area (Å²) in [5.74, 6) is 0. The SMILES string of the molecule is CCn1cc(S(=O)(=O)NCCCc2ccccc2)cn1. The van der Waals surface area contributed by atoms with E-state index < -0.39 is 10.0 Å². The number of nitrogens with zero attached hydrogens (tertiary/aromatic N) is 2. The van der Waals surface area contributed by atoms with Crippen molar-refractivity contribution in [3.05, 3.63) is 48.3 Å². The molecule has 0 aliphatic carbocycles. The molecule has 0 saturated carbocycles. The monoisotopic (exact) mass is 293 g/mol. The number of aryl methyl sites for hydroxylation is 2. The number of rotatable bonds is 7. The molecule has 0 bridgehead atoms. The molecule has 0 radical (unpaired) electrons. The quantitative estimate of drug-likeness (QED) is 0.792. The Hall–Kier alpha value is -1.66. The highest BCUT2D eigenvalue weighted by molar-refractivity contribution is 7.89. The lowest BCUT2D eigenvalue weighted by molar-refractivity contribution is 0.578. The minimum atomic E-state index is -3.44. The van der Waals surface area contributed by atoms with Crippen molar-refractivity contribution in [1.29, 1.82) is 0 Å². The first kappa shape index (κ1) is 14.7. The number of nitrogens with one attached hydrogen (secondary N) is 1. The Bertz CT molecular complexity index is 635. The lowest BCUT2D eigenvalue weighted by Crippen LogP contribution is -2.24. The maximum absolute atomic E-state index is 12.0. The lowest BCUT2D eigenvalue weighted by Gasteiger charge is -2.04. The predicted molar refractivity (Wildman–Crippen MR) is 77.9 cm³/mol. The Morgan fingerprint density at radius 2 is 2.00 bits per heavy atom. The predicted octanol–water partition coefficient (Wildman–Crippen LogP) is 1.81. The van der Waals surface area contributed by atoms with E-state index >= 15 is 0 Å². The smallest absolute Gasteiger partial charge is 0.243 e. The fourth-order valence-corrected chi connectivity index (χ4v) is 2.91. The van der Waals surface area contributed by atoms with Crippen LogP contribution >= 0.6 is 0 Å². The summed E-state index contributed by atoms with van der Waals surface area (Å²) in [6, 6.07) is 10.0. The van der Waals surface area contributed by atoms with Crippen molar-refractivity contribution < 1.29 is 8.42 Å². The average molecular weight is 293 g/mol. The van der Waals surface area contributed by atoms with E-state index in [2.05, 4.69) is 9.82 Å². The topological polar surface area (TPSA) is 64.0 Å². The van der Waals surface area contributed by atoms with Crippen molar-refractivity contribution in [3.8, 4) is 0 Å². The van der Waals surface area contributed by atoms with Gasteiger partial charge in [-0.3, -0.25) is 4.68 Å². The van der Waals surface area contributed by atoms with Gasteiger partial charge in [-0.1, -0.05) is 30.3 Å². The van der Waals surface area contributed by atoms with Crippen molar-refractivity contribution in [3.63, 3.8) is 0 Å². The molecule has 0 amide bonds. The zero-order valence-electron chi connectivity index (χ0n) is 11.5. The molecule has 0 atom stereocenters. The minimum absolute atomic E-state index is 0.221. The molecule has 6 heteroatoms. The van der Waals surface area contributed by atoms with Gasteiger partial charge < -0.3 is 0 Å². The van der Waals surface area contributed by atoms with Gasteiger partial charge in [0, 0.05) is 19.3 Å². The first-order valence-corrected chi connectivity index (χ1v) is 8.16. The second-order valence-electron chi connectivity index (χ2n) is 4.52. The third-order valence-corrected chi connectivity index (χ3v) is 4.44. The summed E-state index contributed by atoms with van der Waals surface area (Å²) < 4.78 is 28.2. The van der Waals surface area contributed by atoms with Gasteiger partial charge in [-0.2, -0.15) is 5.10 Å². The summed E-state index contributed by atoms with van der Waals surface area (Å²) >= 11 is 0. The van der Waals surface area contributed by atoms with E-state index in [-0.39, 0.29) is 4.90 Å². The third-order valence-electron chi connectivity index (χ3n) is 3.02. The highest BCUT2D eigenvalue weighted by atomic mass is 32.2. The Labute approximate surface area is 119 Å². The van der Waals surface area contributed by atoms with E-state index in [4.69, 9.17) is 0 Å². The van der Waals surface area contributed by atoms with Crippen molar-refractivity contribution in [1.82, 2.24) is 14.5 Å². The molecular weight excluding hydrogens is 274 g/mol. The molecular formula is C14H19N3O2S. The average Bonchev–Trinajstić information content (AvgIpc) is 2.95. The minimum Gasteiger partial charge on any atom is -0.272 e. The molecule has 0 aliphatic heterocycles. The summed E-state index contributed by atoms with van der Waals surface area (Å²) in [5.41, 5.74) is 1.21. The Kier molecular flexibility index (Phi) is 4.92. The van der Waals surface area contributed by atoms with E-state index in [0.29, 0.717) is 13.1 Å². The van der Waals surface area contributed by atoms with E-state index in [1.165, 1.54) is 11.8 Å². The number of aromatic nitrogens is 2. The molecule has 1 aromatic carbocycles. The van der Waals surface area contributed by atoms with Gasteiger partial charge in [0.05, 0.1) is 6.20 Å². The van der Waals surface area contributed by atoms with Crippen LogP contribution in [0.5, 0.6) is 0 Å². The van der Waals surface area contributed by atoms with Gasteiger partial charge in [0.2, 0.25) is 10.0 Å². The second-order valence-corrected chi connectivity index (χ2v) is 6.29. The van der Waals surface area contributed by atoms with Crippen LogP contribution in [0, 0.1) is 0 Å². The highest BCUT2D eigenvalue weighted by Gasteiger charge is 2.15. The van der Waals surface area contributed by atoms with Crippen LogP contribution in [0.1, 0.15) is 18.9 Å². The van der Waals surface area contributed by atoms with E-state index in [1.807, 2.05) is 37.3 Å². The van der Waals surface area contributed by atoms with Crippen LogP contribution in [-0.4, -0.2) is 24.7 Å². The molecule has 0 unspecified atom stereocenters. The Balaban J connectivity index is 1.84. The van der Waals surface area contributed by atoms with Gasteiger partial charge in [-0.15, -0.1) is 0 Å². The van der Waals surface area contributed by atoms with Crippen LogP contribution in [0.25, 0.3) is 0 Å². The van der Waals surface area contributed by atoms with E-state index in [1.54, 1.807) is 10.9 Å². The van der Waals surface area contributed by atoms with Crippen LogP contribution in [0.4, 0.5) is 0 Å². The normalized spacial score (nSPS) is 11.7. The zero-order valence-corrected chi connectivity index (χ0v) is 12.3. The number of sulfonamides is 1. The number of benzene rings is 1. The first-order valence-electron chi connectivity index (χ1n) is 6.68. The standard InChI is InChI=1S/C14H19N3O2S/c1-2-17-12-14(11-15-17)20(18,19)16-10-6-9-13-7-4-3-5-8-13/h3-5,7-8,11-12,16H,2,6,9-10H2,1H3. The number of hydrogen-bond acceptors (Lipinski definition) is 3. The molecule has 1 heterocycles. The van der Waals surface area contributed by atoms with Crippen LogP contribution in [0.3, 0.4) is 0 Å². The van der Waals surface area contributed by atoms with Crippen molar-refractivity contribution in [2.75, 3.05) is 6.54 Å². The Morgan fingerprint density at radius 1 is 1.25 bits per heavy atom. The van der Waals surface area contributed by atoms with Crippen molar-refractivity contribution >= 4 is 10.0 Å². The maximum atomic E-state index is 12.0. The van der Waals surface area contributed by atoms with Crippen molar-refractivity contribution in [2.45, 2.75) is 31.2 Å².